The number of nitrogens with zero attached hydrogens (tertiary/aromatic N) is 5. The number of imidazole rings is 1. The van der Waals surface area contributed by atoms with E-state index in [4.69, 9.17) is 15.0 Å². The van der Waals surface area contributed by atoms with Gasteiger partial charge in [0.25, 0.3) is 0 Å². The predicted molar refractivity (Wildman–Crippen MR) is 382 cm³/mol. The van der Waals surface area contributed by atoms with Crippen molar-refractivity contribution in [3.63, 3.8) is 0 Å². The lowest BCUT2D eigenvalue weighted by atomic mass is 9.68. The van der Waals surface area contributed by atoms with Crippen LogP contribution in [0.5, 0.6) is 0 Å². The van der Waals surface area contributed by atoms with E-state index in [0.717, 1.165) is 80.7 Å². The number of allylic oxidation sites excluding steroid dienone is 5. The fraction of sp³-hybridized carbons (Fsp3) is 0.0674. The molecule has 5 heteroatoms. The molecule has 3 heterocycles. The Bertz CT molecular complexity index is 5500. The van der Waals surface area contributed by atoms with Gasteiger partial charge in [-0.25, -0.2) is 15.0 Å². The van der Waals surface area contributed by atoms with E-state index in [2.05, 4.69) is 301 Å². The Kier molecular flexibility index (Phi) is 11.5. The first-order valence-corrected chi connectivity index (χ1v) is 33.0. The first kappa shape index (κ1) is 52.9. The zero-order valence-electron chi connectivity index (χ0n) is 51.5. The first-order valence-electron chi connectivity index (χ1n) is 33.0. The molecule has 0 aliphatic heterocycles. The highest BCUT2D eigenvalue weighted by atomic mass is 15.1. The van der Waals surface area contributed by atoms with Gasteiger partial charge in [-0.3, -0.25) is 0 Å². The molecule has 6 aliphatic rings. The summed E-state index contributed by atoms with van der Waals surface area (Å²) in [7, 11) is 0. The smallest absolute Gasteiger partial charge is 0.137 e. The van der Waals surface area contributed by atoms with Crippen LogP contribution in [-0.2, 0) is 17.3 Å². The molecule has 2 spiro atoms. The first-order chi connectivity index (χ1) is 46.6. The van der Waals surface area contributed by atoms with Crippen LogP contribution in [-0.4, -0.2) is 19.4 Å². The van der Waals surface area contributed by atoms with E-state index < -0.39 is 10.8 Å². The number of hydrogen-bond donors (Lipinski definition) is 0. The number of anilines is 3. The van der Waals surface area contributed by atoms with E-state index in [9.17, 15) is 0 Å². The molecule has 2 atom stereocenters. The zero-order chi connectivity index (χ0) is 61.6. The van der Waals surface area contributed by atoms with Crippen molar-refractivity contribution in [1.29, 1.82) is 0 Å². The van der Waals surface area contributed by atoms with Crippen LogP contribution in [0.4, 0.5) is 17.1 Å². The molecule has 440 valence electrons. The van der Waals surface area contributed by atoms with Gasteiger partial charge in [-0.2, -0.15) is 0 Å². The summed E-state index contributed by atoms with van der Waals surface area (Å²) in [6.45, 7) is 0. The summed E-state index contributed by atoms with van der Waals surface area (Å²) in [6, 6.07) is 106. The van der Waals surface area contributed by atoms with Gasteiger partial charge in [0, 0.05) is 58.5 Å². The van der Waals surface area contributed by atoms with Gasteiger partial charge in [0.2, 0.25) is 0 Å². The van der Waals surface area contributed by atoms with Crippen LogP contribution in [0.15, 0.2) is 315 Å². The van der Waals surface area contributed by atoms with Crippen LogP contribution in [0.1, 0.15) is 85.8 Å². The maximum absolute atomic E-state index is 5.92. The monoisotopic (exact) mass is 1200 g/mol. The Morgan fingerprint density at radius 3 is 1.54 bits per heavy atom. The lowest BCUT2D eigenvalue weighted by molar-refractivity contribution is 0.773. The molecule has 0 radical (unpaired) electrons. The van der Waals surface area contributed by atoms with Crippen molar-refractivity contribution in [3.8, 4) is 67.2 Å². The summed E-state index contributed by atoms with van der Waals surface area (Å²) in [5.41, 5.74) is 36.0. The quantitative estimate of drug-likeness (QED) is 0.152. The highest BCUT2D eigenvalue weighted by Gasteiger charge is 2.54. The molecule has 14 aromatic rings. The van der Waals surface area contributed by atoms with Gasteiger partial charge in [-0.05, 0) is 179 Å². The van der Waals surface area contributed by atoms with Crippen molar-refractivity contribution in [2.24, 2.45) is 0 Å². The molecule has 0 amide bonds. The highest BCUT2D eigenvalue weighted by molar-refractivity contribution is 6.00. The van der Waals surface area contributed by atoms with Gasteiger partial charge in [0.1, 0.15) is 5.65 Å². The SMILES string of the molecule is C1=CC2=C(CC1)c1ccccc1C21c2ccccc2-c2ccc(C3=Cc4nc(-c5ccccc5)c(-c5ccc(N(c6ccccc6)c6ccc(-c7cn8ccccc8n7)cc6)cc5)nc4CC3c3ccc4c(c3)C3(c5ccccc5-c5ccccc53)c3ccccc3-4)cc21. The second-order valence-corrected chi connectivity index (χ2v) is 26.0. The summed E-state index contributed by atoms with van der Waals surface area (Å²) in [6.07, 6.45) is 14.1. The minimum absolute atomic E-state index is 0.0888. The molecule has 6 aliphatic carbocycles. The standard InChI is InChI=1S/C89H59N5/c1-3-21-57(22-4-1)86-87(58-40-46-63(47-41-58)94(61-23-5-2-6-24-61)62-44-38-56(39-45-62)84-55-93-50-20-19-37-85(93)90-84)92-83-54-73(60-43-49-71-69-30-12-18-36-79(69)89(81(71)52-60)76-33-15-9-27-66(76)67-28-10-16-34-77(67)89)72(53-82(83)91-86)59-42-48-70-68-29-11-17-35-78(68)88(80(70)51-59)74-31-13-7-25-64(74)65-26-8-14-32-75(65)88/h1-7,9-25,27-53,55,73H,8,26,54H2. The topological polar surface area (TPSA) is 46.3 Å². The van der Waals surface area contributed by atoms with Crippen LogP contribution in [0.25, 0.3) is 90.0 Å². The molecule has 0 bridgehead atoms. The number of hydrogen-bond acceptors (Lipinski definition) is 4. The molecule has 0 fully saturated rings. The van der Waals surface area contributed by atoms with Crippen molar-refractivity contribution in [2.75, 3.05) is 4.90 Å². The van der Waals surface area contributed by atoms with Gasteiger partial charge in [-0.1, -0.05) is 243 Å². The Balaban J connectivity index is 0.769. The third-order valence-corrected chi connectivity index (χ3v) is 21.3. The fourth-order valence-electron chi connectivity index (χ4n) is 17.4. The molecular formula is C89H59N5. The van der Waals surface area contributed by atoms with E-state index in [1.165, 1.54) is 106 Å². The minimum Gasteiger partial charge on any atom is -0.311 e. The number of benzene rings is 11. The minimum atomic E-state index is -0.495. The maximum atomic E-state index is 5.92. The van der Waals surface area contributed by atoms with Crippen molar-refractivity contribution in [3.05, 3.63) is 382 Å². The van der Waals surface area contributed by atoms with Crippen LogP contribution in [0.3, 0.4) is 0 Å². The Labute approximate surface area is 546 Å². The summed E-state index contributed by atoms with van der Waals surface area (Å²) < 4.78 is 2.07. The fourth-order valence-corrected chi connectivity index (χ4v) is 17.4. The van der Waals surface area contributed by atoms with E-state index in [0.29, 0.717) is 6.42 Å². The van der Waals surface area contributed by atoms with E-state index in [1.54, 1.807) is 0 Å². The summed E-state index contributed by atoms with van der Waals surface area (Å²) in [5.74, 6) is -0.0888. The Morgan fingerprint density at radius 2 is 0.894 bits per heavy atom. The highest BCUT2D eigenvalue weighted by Crippen LogP contribution is 2.66. The molecule has 20 rings (SSSR count). The Morgan fingerprint density at radius 1 is 0.394 bits per heavy atom. The number of aromatic nitrogens is 4. The van der Waals surface area contributed by atoms with Gasteiger partial charge in [0.15, 0.2) is 0 Å². The van der Waals surface area contributed by atoms with Crippen LogP contribution in [0, 0.1) is 0 Å². The summed E-state index contributed by atoms with van der Waals surface area (Å²) >= 11 is 0. The molecule has 3 aromatic heterocycles. The molecule has 0 saturated heterocycles. The van der Waals surface area contributed by atoms with Crippen molar-refractivity contribution < 1.29 is 0 Å². The third kappa shape index (κ3) is 7.49. The van der Waals surface area contributed by atoms with Gasteiger partial charge < -0.3 is 9.30 Å². The predicted octanol–water partition coefficient (Wildman–Crippen LogP) is 21.3. The molecule has 0 N–H and O–H groups in total. The molecule has 2 unspecified atom stereocenters. The molecule has 0 saturated carbocycles. The second-order valence-electron chi connectivity index (χ2n) is 26.0. The molecule has 94 heavy (non-hydrogen) atoms. The van der Waals surface area contributed by atoms with Gasteiger partial charge in [-0.15, -0.1) is 0 Å². The van der Waals surface area contributed by atoms with E-state index in [1.807, 2.05) is 24.4 Å². The van der Waals surface area contributed by atoms with Crippen LogP contribution >= 0.6 is 0 Å². The average molecular weight is 1200 g/mol. The lowest BCUT2D eigenvalue weighted by Crippen LogP contribution is -2.27. The number of rotatable bonds is 8. The Hall–Kier alpha value is -11.8. The van der Waals surface area contributed by atoms with E-state index >= 15 is 0 Å². The molecule has 11 aromatic carbocycles. The van der Waals surface area contributed by atoms with Crippen molar-refractivity contribution >= 4 is 39.9 Å². The normalized spacial score (nSPS) is 16.8. The molecule has 5 nitrogen and oxygen atoms in total. The van der Waals surface area contributed by atoms with Crippen molar-refractivity contribution in [2.45, 2.75) is 36.0 Å². The number of para-hydroxylation sites is 1. The second kappa shape index (κ2) is 20.4. The summed E-state index contributed by atoms with van der Waals surface area (Å²) in [4.78, 5) is 19.0. The third-order valence-electron chi connectivity index (χ3n) is 21.3. The van der Waals surface area contributed by atoms with Crippen LogP contribution < -0.4 is 4.90 Å². The van der Waals surface area contributed by atoms with E-state index in [-0.39, 0.29) is 5.92 Å². The number of fused-ring (bicyclic) bond motifs is 21. The van der Waals surface area contributed by atoms with Gasteiger partial charge in [0.05, 0.1) is 39.3 Å². The average Bonchev–Trinajstić information content (AvgIpc) is 1.52. The maximum Gasteiger partial charge on any atom is 0.137 e. The lowest BCUT2D eigenvalue weighted by Gasteiger charge is -2.33. The largest absolute Gasteiger partial charge is 0.311 e. The number of pyridine rings is 1. The van der Waals surface area contributed by atoms with Gasteiger partial charge >= 0.3 is 0 Å². The molecular weight excluding hydrogens is 1140 g/mol. The summed E-state index contributed by atoms with van der Waals surface area (Å²) in [5, 5.41) is 0. The zero-order valence-corrected chi connectivity index (χ0v) is 51.5. The van der Waals surface area contributed by atoms with Crippen molar-refractivity contribution in [1.82, 2.24) is 19.4 Å². The van der Waals surface area contributed by atoms with Crippen LogP contribution in [0.2, 0.25) is 0 Å².